The molecule has 3 rings (SSSR count). The predicted octanol–water partition coefficient (Wildman–Crippen LogP) is 5.06. The van der Waals surface area contributed by atoms with E-state index in [2.05, 4.69) is 41.4 Å². The second-order valence-electron chi connectivity index (χ2n) is 5.48. The molecule has 2 aromatic rings. The summed E-state index contributed by atoms with van der Waals surface area (Å²) in [5.41, 5.74) is 2.90. The van der Waals surface area contributed by atoms with Crippen molar-refractivity contribution >= 4 is 10.8 Å². The van der Waals surface area contributed by atoms with Gasteiger partial charge in [0, 0.05) is 17.3 Å². The third-order valence-corrected chi connectivity index (χ3v) is 4.00. The molecule has 0 bridgehead atoms. The fraction of sp³-hybridized carbons (Fsp3) is 0.389. The van der Waals surface area contributed by atoms with Crippen LogP contribution in [0.5, 0.6) is 0 Å². The Bertz CT molecular complexity index is 583. The first-order valence-corrected chi connectivity index (χ1v) is 7.43. The van der Waals surface area contributed by atoms with Gasteiger partial charge in [-0.15, -0.1) is 0 Å². The zero-order chi connectivity index (χ0) is 12.9. The maximum absolute atomic E-state index is 4.57. The molecular formula is C18H21N. The van der Waals surface area contributed by atoms with Crippen molar-refractivity contribution in [3.63, 3.8) is 0 Å². The van der Waals surface area contributed by atoms with Crippen LogP contribution < -0.4 is 0 Å². The monoisotopic (exact) mass is 251 g/mol. The summed E-state index contributed by atoms with van der Waals surface area (Å²) >= 11 is 0. The van der Waals surface area contributed by atoms with Gasteiger partial charge in [0.1, 0.15) is 0 Å². The molecular weight excluding hydrogens is 230 g/mol. The van der Waals surface area contributed by atoms with Gasteiger partial charge in [0.15, 0.2) is 0 Å². The predicted molar refractivity (Wildman–Crippen MR) is 81.2 cm³/mol. The van der Waals surface area contributed by atoms with Crippen LogP contribution in [0.2, 0.25) is 0 Å². The lowest BCUT2D eigenvalue weighted by Crippen LogP contribution is -1.95. The SMILES string of the molecule is C1=C(CCCc2cc3ccccc3cn2)CCCC1. The highest BCUT2D eigenvalue weighted by Crippen LogP contribution is 2.22. The molecule has 1 heterocycles. The molecule has 0 atom stereocenters. The second-order valence-corrected chi connectivity index (χ2v) is 5.48. The molecule has 1 aliphatic carbocycles. The molecule has 0 aliphatic heterocycles. The fourth-order valence-corrected chi connectivity index (χ4v) is 2.89. The van der Waals surface area contributed by atoms with Crippen molar-refractivity contribution < 1.29 is 0 Å². The molecule has 1 aromatic heterocycles. The molecule has 19 heavy (non-hydrogen) atoms. The topological polar surface area (TPSA) is 12.9 Å². The Morgan fingerprint density at radius 3 is 2.74 bits per heavy atom. The summed E-state index contributed by atoms with van der Waals surface area (Å²) in [7, 11) is 0. The van der Waals surface area contributed by atoms with E-state index in [9.17, 15) is 0 Å². The van der Waals surface area contributed by atoms with E-state index in [0.29, 0.717) is 0 Å². The smallest absolute Gasteiger partial charge is 0.0410 e. The number of fused-ring (bicyclic) bond motifs is 1. The molecule has 0 unspecified atom stereocenters. The first kappa shape index (κ1) is 12.4. The van der Waals surface area contributed by atoms with Crippen LogP contribution in [0.25, 0.3) is 10.8 Å². The molecule has 0 N–H and O–H groups in total. The molecule has 0 spiro atoms. The van der Waals surface area contributed by atoms with E-state index in [4.69, 9.17) is 0 Å². The van der Waals surface area contributed by atoms with Gasteiger partial charge < -0.3 is 0 Å². The minimum absolute atomic E-state index is 1.10. The minimum atomic E-state index is 1.10. The third kappa shape index (κ3) is 3.23. The number of aromatic nitrogens is 1. The second kappa shape index (κ2) is 6.01. The highest BCUT2D eigenvalue weighted by molar-refractivity contribution is 5.81. The quantitative estimate of drug-likeness (QED) is 0.692. The van der Waals surface area contributed by atoms with E-state index in [1.165, 1.54) is 55.0 Å². The van der Waals surface area contributed by atoms with Crippen LogP contribution in [0, 0.1) is 0 Å². The third-order valence-electron chi connectivity index (χ3n) is 4.00. The van der Waals surface area contributed by atoms with Crippen molar-refractivity contribution in [3.05, 3.63) is 53.9 Å². The summed E-state index contributed by atoms with van der Waals surface area (Å²) < 4.78 is 0. The minimum Gasteiger partial charge on any atom is -0.261 e. The number of allylic oxidation sites excluding steroid dienone is 2. The standard InChI is InChI=1S/C18H21N/c1-2-7-15(8-3-1)9-6-12-18-13-16-10-4-5-11-17(16)14-19-18/h4-5,7,10-11,13-14H,1-3,6,8-9,12H2. The van der Waals surface area contributed by atoms with Crippen LogP contribution >= 0.6 is 0 Å². The normalized spacial score (nSPS) is 15.5. The number of hydrogen-bond donors (Lipinski definition) is 0. The molecule has 1 aliphatic rings. The summed E-state index contributed by atoms with van der Waals surface area (Å²) in [6.07, 6.45) is 13.4. The van der Waals surface area contributed by atoms with Crippen molar-refractivity contribution in [2.45, 2.75) is 44.9 Å². The Kier molecular flexibility index (Phi) is 3.92. The summed E-state index contributed by atoms with van der Waals surface area (Å²) in [5.74, 6) is 0. The van der Waals surface area contributed by atoms with E-state index in [0.717, 1.165) is 6.42 Å². The zero-order valence-electron chi connectivity index (χ0n) is 11.4. The Balaban J connectivity index is 1.60. The van der Waals surface area contributed by atoms with Gasteiger partial charge in [0.05, 0.1) is 0 Å². The number of aryl methyl sites for hydroxylation is 1. The number of nitrogens with zero attached hydrogens (tertiary/aromatic N) is 1. The summed E-state index contributed by atoms with van der Waals surface area (Å²) in [4.78, 5) is 4.57. The first-order valence-electron chi connectivity index (χ1n) is 7.43. The highest BCUT2D eigenvalue weighted by Gasteiger charge is 2.04. The number of benzene rings is 1. The van der Waals surface area contributed by atoms with Crippen molar-refractivity contribution in [2.75, 3.05) is 0 Å². The lowest BCUT2D eigenvalue weighted by Gasteiger charge is -2.12. The van der Waals surface area contributed by atoms with E-state index < -0.39 is 0 Å². The van der Waals surface area contributed by atoms with Crippen LogP contribution in [-0.4, -0.2) is 4.98 Å². The van der Waals surface area contributed by atoms with Gasteiger partial charge >= 0.3 is 0 Å². The average molecular weight is 251 g/mol. The van der Waals surface area contributed by atoms with Gasteiger partial charge in [-0.1, -0.05) is 35.9 Å². The molecule has 1 aromatic carbocycles. The Hall–Kier alpha value is -1.63. The van der Waals surface area contributed by atoms with Crippen molar-refractivity contribution in [3.8, 4) is 0 Å². The van der Waals surface area contributed by atoms with E-state index in [1.54, 1.807) is 5.57 Å². The van der Waals surface area contributed by atoms with Crippen LogP contribution in [0.3, 0.4) is 0 Å². The van der Waals surface area contributed by atoms with Crippen molar-refractivity contribution in [2.24, 2.45) is 0 Å². The van der Waals surface area contributed by atoms with Crippen LogP contribution in [0.15, 0.2) is 48.2 Å². The molecule has 0 fully saturated rings. The molecule has 1 heteroatoms. The van der Waals surface area contributed by atoms with Gasteiger partial charge in [-0.05, 0) is 56.4 Å². The molecule has 0 amide bonds. The maximum Gasteiger partial charge on any atom is 0.0410 e. The average Bonchev–Trinajstić information content (AvgIpc) is 2.48. The number of pyridine rings is 1. The Morgan fingerprint density at radius 2 is 1.89 bits per heavy atom. The first-order chi connectivity index (χ1) is 9.42. The van der Waals surface area contributed by atoms with E-state index in [1.807, 2.05) is 6.20 Å². The van der Waals surface area contributed by atoms with E-state index in [-0.39, 0.29) is 0 Å². The molecule has 0 saturated carbocycles. The zero-order valence-corrected chi connectivity index (χ0v) is 11.4. The maximum atomic E-state index is 4.57. The van der Waals surface area contributed by atoms with Gasteiger partial charge in [0.25, 0.3) is 0 Å². The summed E-state index contributed by atoms with van der Waals surface area (Å²) in [6, 6.07) is 10.7. The van der Waals surface area contributed by atoms with Gasteiger partial charge in [0.2, 0.25) is 0 Å². The number of rotatable bonds is 4. The van der Waals surface area contributed by atoms with Crippen LogP contribution in [-0.2, 0) is 6.42 Å². The largest absolute Gasteiger partial charge is 0.261 e. The molecule has 98 valence electrons. The Labute approximate surface area is 115 Å². The van der Waals surface area contributed by atoms with Crippen LogP contribution in [0.4, 0.5) is 0 Å². The van der Waals surface area contributed by atoms with Crippen molar-refractivity contribution in [1.29, 1.82) is 0 Å². The van der Waals surface area contributed by atoms with Gasteiger partial charge in [-0.25, -0.2) is 0 Å². The molecule has 0 saturated heterocycles. The Morgan fingerprint density at radius 1 is 1.00 bits per heavy atom. The highest BCUT2D eigenvalue weighted by atomic mass is 14.7. The summed E-state index contributed by atoms with van der Waals surface area (Å²) in [6.45, 7) is 0. The molecule has 1 nitrogen and oxygen atoms in total. The van der Waals surface area contributed by atoms with Crippen molar-refractivity contribution in [1.82, 2.24) is 4.98 Å². The lowest BCUT2D eigenvalue weighted by atomic mass is 9.95. The fourth-order valence-electron chi connectivity index (χ4n) is 2.89. The summed E-state index contributed by atoms with van der Waals surface area (Å²) in [5, 5.41) is 2.55. The molecule has 0 radical (unpaired) electrons. The number of hydrogen-bond acceptors (Lipinski definition) is 1. The van der Waals surface area contributed by atoms with E-state index >= 15 is 0 Å². The van der Waals surface area contributed by atoms with Gasteiger partial charge in [-0.2, -0.15) is 0 Å². The van der Waals surface area contributed by atoms with Crippen LogP contribution in [0.1, 0.15) is 44.2 Å². The van der Waals surface area contributed by atoms with Gasteiger partial charge in [-0.3, -0.25) is 4.98 Å². The lowest BCUT2D eigenvalue weighted by molar-refractivity contribution is 0.657.